The van der Waals surface area contributed by atoms with Gasteiger partial charge < -0.3 is 4.74 Å². The number of hydrogen-bond acceptors (Lipinski definition) is 3. The fourth-order valence-corrected chi connectivity index (χ4v) is 2.97. The summed E-state index contributed by atoms with van der Waals surface area (Å²) in [4.78, 5) is 2.31. The lowest BCUT2D eigenvalue weighted by molar-refractivity contribution is 0.0679. The van der Waals surface area contributed by atoms with Gasteiger partial charge in [-0.25, -0.2) is 4.39 Å². The summed E-state index contributed by atoms with van der Waals surface area (Å²) in [6.45, 7) is 3.23. The highest BCUT2D eigenvalue weighted by Crippen LogP contribution is 2.17. The lowest BCUT2D eigenvalue weighted by Crippen LogP contribution is -2.31. The van der Waals surface area contributed by atoms with E-state index >= 15 is 0 Å². The fourth-order valence-electron chi connectivity index (χ4n) is 2.97. The van der Waals surface area contributed by atoms with Crippen molar-refractivity contribution in [3.63, 3.8) is 0 Å². The van der Waals surface area contributed by atoms with E-state index in [1.807, 2.05) is 30.2 Å². The third kappa shape index (κ3) is 4.15. The lowest BCUT2D eigenvalue weighted by Gasteiger charge is -2.24. The van der Waals surface area contributed by atoms with E-state index in [9.17, 15) is 4.39 Å². The Balaban J connectivity index is 1.69. The molecular formula is C17H22FN3O. The zero-order valence-electron chi connectivity index (χ0n) is 12.9. The van der Waals surface area contributed by atoms with Crippen molar-refractivity contribution in [3.05, 3.63) is 53.6 Å². The Kier molecular flexibility index (Phi) is 4.85. The van der Waals surface area contributed by atoms with E-state index in [1.165, 1.54) is 6.07 Å². The predicted molar refractivity (Wildman–Crippen MR) is 82.7 cm³/mol. The van der Waals surface area contributed by atoms with E-state index in [0.717, 1.165) is 43.7 Å². The molecule has 1 unspecified atom stereocenters. The van der Waals surface area contributed by atoms with Crippen molar-refractivity contribution in [1.29, 1.82) is 0 Å². The zero-order chi connectivity index (χ0) is 15.4. The molecule has 1 aliphatic rings. The Morgan fingerprint density at radius 2 is 2.23 bits per heavy atom. The molecule has 0 radical (unpaired) electrons. The Labute approximate surface area is 130 Å². The summed E-state index contributed by atoms with van der Waals surface area (Å²) in [5.41, 5.74) is 2.15. The molecule has 1 saturated heterocycles. The van der Waals surface area contributed by atoms with E-state index in [-0.39, 0.29) is 11.9 Å². The van der Waals surface area contributed by atoms with Crippen LogP contribution in [0.3, 0.4) is 0 Å². The molecule has 4 nitrogen and oxygen atoms in total. The summed E-state index contributed by atoms with van der Waals surface area (Å²) in [5.74, 6) is -0.184. The number of rotatable bonds is 6. The van der Waals surface area contributed by atoms with Crippen LogP contribution in [0.2, 0.25) is 0 Å². The highest BCUT2D eigenvalue weighted by molar-refractivity contribution is 5.16. The molecular weight excluding hydrogens is 281 g/mol. The molecule has 1 aromatic heterocycles. The molecule has 1 atom stereocenters. The highest BCUT2D eigenvalue weighted by Gasteiger charge is 2.20. The summed E-state index contributed by atoms with van der Waals surface area (Å²) < 4.78 is 21.0. The number of aromatic nitrogens is 2. The molecule has 3 rings (SSSR count). The van der Waals surface area contributed by atoms with Gasteiger partial charge in [-0.2, -0.15) is 5.10 Å². The van der Waals surface area contributed by atoms with Crippen molar-refractivity contribution < 1.29 is 9.13 Å². The number of hydrogen-bond donors (Lipinski definition) is 0. The second-order valence-corrected chi connectivity index (χ2v) is 5.96. The Morgan fingerprint density at radius 3 is 2.91 bits per heavy atom. The number of aryl methyl sites for hydroxylation is 1. The molecule has 22 heavy (non-hydrogen) atoms. The summed E-state index contributed by atoms with van der Waals surface area (Å²) in [5, 5.41) is 4.22. The van der Waals surface area contributed by atoms with Gasteiger partial charge in [-0.3, -0.25) is 9.58 Å². The maximum atomic E-state index is 13.4. The van der Waals surface area contributed by atoms with E-state index < -0.39 is 0 Å². The van der Waals surface area contributed by atoms with Gasteiger partial charge in [0.25, 0.3) is 0 Å². The molecule has 1 aromatic carbocycles. The smallest absolute Gasteiger partial charge is 0.123 e. The van der Waals surface area contributed by atoms with E-state index in [1.54, 1.807) is 12.1 Å². The van der Waals surface area contributed by atoms with E-state index in [2.05, 4.69) is 10.00 Å². The fraction of sp³-hybridized carbons (Fsp3) is 0.471. The number of nitrogens with zero attached hydrogens (tertiary/aromatic N) is 3. The molecule has 2 heterocycles. The van der Waals surface area contributed by atoms with Crippen LogP contribution in [0.15, 0.2) is 36.7 Å². The van der Waals surface area contributed by atoms with E-state index in [4.69, 9.17) is 4.74 Å². The van der Waals surface area contributed by atoms with Crippen LogP contribution in [-0.4, -0.2) is 33.9 Å². The predicted octanol–water partition coefficient (Wildman–Crippen LogP) is 2.74. The van der Waals surface area contributed by atoms with Crippen molar-refractivity contribution in [2.24, 2.45) is 7.05 Å². The summed E-state index contributed by atoms with van der Waals surface area (Å²) in [7, 11) is 1.92. The largest absolute Gasteiger partial charge is 0.377 e. The van der Waals surface area contributed by atoms with Crippen molar-refractivity contribution in [3.8, 4) is 0 Å². The number of benzene rings is 1. The molecule has 0 saturated carbocycles. The summed E-state index contributed by atoms with van der Waals surface area (Å²) in [6, 6.07) is 6.81. The molecule has 1 fully saturated rings. The van der Waals surface area contributed by atoms with Gasteiger partial charge in [0.2, 0.25) is 0 Å². The van der Waals surface area contributed by atoms with Crippen LogP contribution >= 0.6 is 0 Å². The van der Waals surface area contributed by atoms with Crippen molar-refractivity contribution in [1.82, 2.24) is 14.7 Å². The lowest BCUT2D eigenvalue weighted by atomic mass is 10.1. The topological polar surface area (TPSA) is 30.3 Å². The van der Waals surface area contributed by atoms with E-state index in [0.29, 0.717) is 6.54 Å². The van der Waals surface area contributed by atoms with Crippen LogP contribution in [0.4, 0.5) is 4.39 Å². The normalized spacial score (nSPS) is 18.2. The molecule has 1 aliphatic heterocycles. The molecule has 0 amide bonds. The van der Waals surface area contributed by atoms with Gasteiger partial charge >= 0.3 is 0 Å². The maximum Gasteiger partial charge on any atom is 0.123 e. The van der Waals surface area contributed by atoms with Crippen LogP contribution in [0.25, 0.3) is 0 Å². The van der Waals surface area contributed by atoms with Gasteiger partial charge in [-0.15, -0.1) is 0 Å². The first-order valence-electron chi connectivity index (χ1n) is 7.75. The summed E-state index contributed by atoms with van der Waals surface area (Å²) >= 11 is 0. The average molecular weight is 303 g/mol. The zero-order valence-corrected chi connectivity index (χ0v) is 12.9. The van der Waals surface area contributed by atoms with Crippen LogP contribution in [0.5, 0.6) is 0 Å². The quantitative estimate of drug-likeness (QED) is 0.822. The maximum absolute atomic E-state index is 13.4. The monoisotopic (exact) mass is 303 g/mol. The minimum atomic E-state index is -0.184. The van der Waals surface area contributed by atoms with Crippen molar-refractivity contribution in [2.45, 2.75) is 32.0 Å². The van der Waals surface area contributed by atoms with Gasteiger partial charge in [0.05, 0.1) is 12.3 Å². The van der Waals surface area contributed by atoms with Gasteiger partial charge in [0.15, 0.2) is 0 Å². The first-order valence-corrected chi connectivity index (χ1v) is 7.75. The minimum Gasteiger partial charge on any atom is -0.377 e. The second-order valence-electron chi connectivity index (χ2n) is 5.96. The SMILES string of the molecule is Cn1cc(CN(Cc2cccc(F)c2)CC2CCCO2)cn1. The standard InChI is InChI=1S/C17H22FN3O/c1-20-10-15(9-19-20)12-21(13-17-6-3-7-22-17)11-14-4-2-5-16(18)8-14/h2,4-5,8-10,17H,3,6-7,11-13H2,1H3. The Bertz CT molecular complexity index is 607. The highest BCUT2D eigenvalue weighted by atomic mass is 19.1. The van der Waals surface area contributed by atoms with Crippen LogP contribution in [-0.2, 0) is 24.9 Å². The number of ether oxygens (including phenoxy) is 1. The van der Waals surface area contributed by atoms with Gasteiger partial charge in [-0.1, -0.05) is 12.1 Å². The Hall–Kier alpha value is -1.72. The van der Waals surface area contributed by atoms with Crippen LogP contribution in [0.1, 0.15) is 24.0 Å². The van der Waals surface area contributed by atoms with Gasteiger partial charge in [0, 0.05) is 45.0 Å². The summed E-state index contributed by atoms with van der Waals surface area (Å²) in [6.07, 6.45) is 6.42. The minimum absolute atomic E-state index is 0.184. The van der Waals surface area contributed by atoms with Gasteiger partial charge in [0.1, 0.15) is 5.82 Å². The first-order chi connectivity index (χ1) is 10.7. The molecule has 118 valence electrons. The third-order valence-corrected chi connectivity index (χ3v) is 3.95. The van der Waals surface area contributed by atoms with Crippen LogP contribution in [0, 0.1) is 5.82 Å². The molecule has 0 N–H and O–H groups in total. The van der Waals surface area contributed by atoms with Gasteiger partial charge in [-0.05, 0) is 30.5 Å². The van der Waals surface area contributed by atoms with Crippen molar-refractivity contribution >= 4 is 0 Å². The molecule has 0 aliphatic carbocycles. The molecule has 0 spiro atoms. The molecule has 2 aromatic rings. The number of halogens is 1. The second kappa shape index (κ2) is 7.03. The Morgan fingerprint density at radius 1 is 1.36 bits per heavy atom. The van der Waals surface area contributed by atoms with Crippen LogP contribution < -0.4 is 0 Å². The average Bonchev–Trinajstić information content (AvgIpc) is 3.11. The first kappa shape index (κ1) is 15.2. The molecule has 5 heteroatoms. The van der Waals surface area contributed by atoms with Crippen molar-refractivity contribution in [2.75, 3.05) is 13.2 Å². The molecule has 0 bridgehead atoms. The third-order valence-electron chi connectivity index (χ3n) is 3.95.